The van der Waals surface area contributed by atoms with Gasteiger partial charge < -0.3 is 9.47 Å². The largest absolute Gasteiger partial charge is 0.466 e. The van der Waals surface area contributed by atoms with Crippen LogP contribution in [0.4, 0.5) is 4.39 Å². The van der Waals surface area contributed by atoms with Crippen molar-refractivity contribution in [1.29, 1.82) is 0 Å². The number of carbonyl (C=O) groups is 2. The molecular weight excluding hydrogens is 239 g/mol. The standard InChI is InChI=1S/C13H15FO4/c1-2-17-12(15)7-8-13(16)18-9-10-3-5-11(14)6-4-10/h3-6H,2,7-9H2,1H3. The van der Waals surface area contributed by atoms with Crippen molar-refractivity contribution in [2.24, 2.45) is 0 Å². The Kier molecular flexibility index (Phi) is 5.84. The van der Waals surface area contributed by atoms with Gasteiger partial charge in [-0.1, -0.05) is 12.1 Å². The van der Waals surface area contributed by atoms with E-state index in [0.717, 1.165) is 0 Å². The first-order valence-corrected chi connectivity index (χ1v) is 5.67. The van der Waals surface area contributed by atoms with Crippen molar-refractivity contribution in [3.05, 3.63) is 35.6 Å². The zero-order valence-electron chi connectivity index (χ0n) is 10.1. The zero-order valence-corrected chi connectivity index (χ0v) is 10.1. The van der Waals surface area contributed by atoms with E-state index in [1.807, 2.05) is 0 Å². The van der Waals surface area contributed by atoms with Crippen LogP contribution in [-0.2, 0) is 25.7 Å². The molecule has 0 bridgehead atoms. The Morgan fingerprint density at radius 1 is 1.06 bits per heavy atom. The number of halogens is 1. The quantitative estimate of drug-likeness (QED) is 0.730. The van der Waals surface area contributed by atoms with Crippen LogP contribution in [0.2, 0.25) is 0 Å². The fraction of sp³-hybridized carbons (Fsp3) is 0.385. The fourth-order valence-electron chi connectivity index (χ4n) is 1.25. The van der Waals surface area contributed by atoms with Gasteiger partial charge in [-0.05, 0) is 24.6 Å². The van der Waals surface area contributed by atoms with Crippen molar-refractivity contribution in [2.45, 2.75) is 26.4 Å². The van der Waals surface area contributed by atoms with Crippen LogP contribution in [0.1, 0.15) is 25.3 Å². The van der Waals surface area contributed by atoms with Crippen LogP contribution in [0.5, 0.6) is 0 Å². The van der Waals surface area contributed by atoms with Gasteiger partial charge in [0, 0.05) is 0 Å². The Bertz CT molecular complexity index is 400. The van der Waals surface area contributed by atoms with E-state index in [4.69, 9.17) is 4.74 Å². The predicted octanol–water partition coefficient (Wildman–Crippen LogP) is 2.21. The predicted molar refractivity (Wildman–Crippen MR) is 62.1 cm³/mol. The number of hydrogen-bond donors (Lipinski definition) is 0. The normalized spacial score (nSPS) is 9.89. The summed E-state index contributed by atoms with van der Waals surface area (Å²) in [6.07, 6.45) is -0.00385. The lowest BCUT2D eigenvalue weighted by molar-refractivity contribution is -0.150. The Hall–Kier alpha value is -1.91. The maximum Gasteiger partial charge on any atom is 0.306 e. The molecule has 0 unspecified atom stereocenters. The number of hydrogen-bond acceptors (Lipinski definition) is 4. The van der Waals surface area contributed by atoms with Crippen molar-refractivity contribution in [3.63, 3.8) is 0 Å². The minimum Gasteiger partial charge on any atom is -0.466 e. The third-order valence-corrected chi connectivity index (χ3v) is 2.15. The highest BCUT2D eigenvalue weighted by molar-refractivity contribution is 5.77. The molecule has 0 spiro atoms. The molecule has 0 aromatic heterocycles. The second-order valence-corrected chi connectivity index (χ2v) is 3.59. The lowest BCUT2D eigenvalue weighted by atomic mass is 10.2. The van der Waals surface area contributed by atoms with E-state index in [1.54, 1.807) is 6.92 Å². The van der Waals surface area contributed by atoms with Crippen molar-refractivity contribution < 1.29 is 23.5 Å². The molecule has 5 heteroatoms. The van der Waals surface area contributed by atoms with Crippen molar-refractivity contribution >= 4 is 11.9 Å². The average Bonchev–Trinajstić information content (AvgIpc) is 2.36. The zero-order chi connectivity index (χ0) is 13.4. The van der Waals surface area contributed by atoms with E-state index in [9.17, 15) is 14.0 Å². The minimum absolute atomic E-state index is 0.0100. The fourth-order valence-corrected chi connectivity index (χ4v) is 1.25. The van der Waals surface area contributed by atoms with Crippen LogP contribution in [-0.4, -0.2) is 18.5 Å². The van der Waals surface area contributed by atoms with E-state index in [-0.39, 0.29) is 25.3 Å². The van der Waals surface area contributed by atoms with Crippen molar-refractivity contribution in [1.82, 2.24) is 0 Å². The van der Waals surface area contributed by atoms with Crippen LogP contribution in [0, 0.1) is 5.82 Å². The maximum atomic E-state index is 12.6. The van der Waals surface area contributed by atoms with Gasteiger partial charge in [-0.25, -0.2) is 4.39 Å². The number of esters is 2. The number of benzene rings is 1. The van der Waals surface area contributed by atoms with Gasteiger partial charge in [0.1, 0.15) is 12.4 Å². The molecular formula is C13H15FO4. The monoisotopic (exact) mass is 254 g/mol. The van der Waals surface area contributed by atoms with Crippen molar-refractivity contribution in [2.75, 3.05) is 6.61 Å². The summed E-state index contributed by atoms with van der Waals surface area (Å²) in [6.45, 7) is 2.07. The second kappa shape index (κ2) is 7.42. The molecule has 0 radical (unpaired) electrons. The molecule has 0 fully saturated rings. The maximum absolute atomic E-state index is 12.6. The van der Waals surface area contributed by atoms with Gasteiger partial charge in [0.15, 0.2) is 0 Å². The summed E-state index contributed by atoms with van der Waals surface area (Å²) >= 11 is 0. The molecule has 1 aromatic carbocycles. The molecule has 0 aliphatic carbocycles. The summed E-state index contributed by atoms with van der Waals surface area (Å²) in [6, 6.07) is 5.66. The summed E-state index contributed by atoms with van der Waals surface area (Å²) in [5.74, 6) is -1.24. The summed E-state index contributed by atoms with van der Waals surface area (Å²) in [5, 5.41) is 0. The first kappa shape index (κ1) is 14.2. The third kappa shape index (κ3) is 5.43. The summed E-state index contributed by atoms with van der Waals surface area (Å²) in [5.41, 5.74) is 0.695. The van der Waals surface area contributed by atoms with Crippen molar-refractivity contribution in [3.8, 4) is 0 Å². The molecule has 4 nitrogen and oxygen atoms in total. The van der Waals surface area contributed by atoms with Crippen LogP contribution in [0.25, 0.3) is 0 Å². The van der Waals surface area contributed by atoms with E-state index in [0.29, 0.717) is 12.2 Å². The van der Waals surface area contributed by atoms with Crippen LogP contribution >= 0.6 is 0 Å². The molecule has 0 saturated heterocycles. The molecule has 98 valence electrons. The van der Waals surface area contributed by atoms with Gasteiger partial charge in [0.05, 0.1) is 19.4 Å². The Morgan fingerprint density at radius 2 is 1.61 bits per heavy atom. The lowest BCUT2D eigenvalue weighted by Gasteiger charge is -2.05. The van der Waals surface area contributed by atoms with Gasteiger partial charge in [0.25, 0.3) is 0 Å². The van der Waals surface area contributed by atoms with Gasteiger partial charge in [-0.2, -0.15) is 0 Å². The molecule has 0 heterocycles. The molecule has 1 rings (SSSR count). The van der Waals surface area contributed by atoms with Crippen LogP contribution in [0.3, 0.4) is 0 Å². The molecule has 0 amide bonds. The number of carbonyl (C=O) groups excluding carboxylic acids is 2. The van der Waals surface area contributed by atoms with Crippen LogP contribution < -0.4 is 0 Å². The highest BCUT2D eigenvalue weighted by Crippen LogP contribution is 2.05. The number of rotatable bonds is 6. The first-order chi connectivity index (χ1) is 8.61. The summed E-state index contributed by atoms with van der Waals surface area (Å²) in [7, 11) is 0. The van der Waals surface area contributed by atoms with Gasteiger partial charge in [-0.15, -0.1) is 0 Å². The second-order valence-electron chi connectivity index (χ2n) is 3.59. The summed E-state index contributed by atoms with van der Waals surface area (Å²) < 4.78 is 22.2. The average molecular weight is 254 g/mol. The molecule has 0 N–H and O–H groups in total. The highest BCUT2D eigenvalue weighted by Gasteiger charge is 2.08. The first-order valence-electron chi connectivity index (χ1n) is 5.67. The van der Waals surface area contributed by atoms with Gasteiger partial charge in [-0.3, -0.25) is 9.59 Å². The van der Waals surface area contributed by atoms with Gasteiger partial charge >= 0.3 is 11.9 Å². The third-order valence-electron chi connectivity index (χ3n) is 2.15. The molecule has 18 heavy (non-hydrogen) atoms. The summed E-state index contributed by atoms with van der Waals surface area (Å²) in [4.78, 5) is 22.3. The molecule has 0 aliphatic heterocycles. The Morgan fingerprint density at radius 3 is 2.17 bits per heavy atom. The SMILES string of the molecule is CCOC(=O)CCC(=O)OCc1ccc(F)cc1. The van der Waals surface area contributed by atoms with E-state index in [2.05, 4.69) is 4.74 Å². The van der Waals surface area contributed by atoms with E-state index >= 15 is 0 Å². The molecule has 0 saturated carbocycles. The Balaban J connectivity index is 2.24. The molecule has 0 aliphatic rings. The Labute approximate surface area is 105 Å². The smallest absolute Gasteiger partial charge is 0.306 e. The van der Waals surface area contributed by atoms with Gasteiger partial charge in [0.2, 0.25) is 0 Å². The molecule has 0 atom stereocenters. The highest BCUT2D eigenvalue weighted by atomic mass is 19.1. The van der Waals surface area contributed by atoms with Crippen LogP contribution in [0.15, 0.2) is 24.3 Å². The lowest BCUT2D eigenvalue weighted by Crippen LogP contribution is -2.10. The van der Waals surface area contributed by atoms with E-state index < -0.39 is 11.9 Å². The minimum atomic E-state index is -0.479. The van der Waals surface area contributed by atoms with E-state index in [1.165, 1.54) is 24.3 Å². The number of ether oxygens (including phenoxy) is 2. The topological polar surface area (TPSA) is 52.6 Å². The molecule has 1 aromatic rings.